The summed E-state index contributed by atoms with van der Waals surface area (Å²) in [6.07, 6.45) is 2.95. The summed E-state index contributed by atoms with van der Waals surface area (Å²) in [5.41, 5.74) is 0.500. The maximum Gasteiger partial charge on any atom is 0.276 e. The highest BCUT2D eigenvalue weighted by Crippen LogP contribution is 2.36. The van der Waals surface area contributed by atoms with Crippen molar-refractivity contribution in [2.24, 2.45) is 0 Å². The van der Waals surface area contributed by atoms with Crippen molar-refractivity contribution < 1.29 is 14.3 Å². The highest BCUT2D eigenvalue weighted by atomic mass is 16.5. The summed E-state index contributed by atoms with van der Waals surface area (Å²) in [6.45, 7) is 7.44. The maximum absolute atomic E-state index is 12.7. The summed E-state index contributed by atoms with van der Waals surface area (Å²) in [6, 6.07) is 0. The van der Waals surface area contributed by atoms with E-state index in [9.17, 15) is 9.59 Å². The molecule has 2 fully saturated rings. The lowest BCUT2D eigenvalue weighted by Crippen LogP contribution is -2.74. The topological polar surface area (TPSA) is 120 Å². The quantitative estimate of drug-likeness (QED) is 0.778. The molecular formula is C16H21N7O3. The van der Waals surface area contributed by atoms with E-state index in [1.165, 1.54) is 12.4 Å². The number of amides is 2. The number of H-pyrrole nitrogens is 2. The molecule has 10 nitrogen and oxygen atoms in total. The molecule has 10 heteroatoms. The van der Waals surface area contributed by atoms with Crippen LogP contribution in [0.1, 0.15) is 40.4 Å². The van der Waals surface area contributed by atoms with Crippen LogP contribution in [0.15, 0.2) is 12.4 Å². The van der Waals surface area contributed by atoms with Crippen LogP contribution in [-0.4, -0.2) is 84.6 Å². The van der Waals surface area contributed by atoms with E-state index in [0.717, 1.165) is 5.69 Å². The van der Waals surface area contributed by atoms with Gasteiger partial charge in [0.2, 0.25) is 0 Å². The van der Waals surface area contributed by atoms with Crippen molar-refractivity contribution in [3.05, 3.63) is 29.3 Å². The second kappa shape index (κ2) is 5.63. The molecule has 2 aliphatic heterocycles. The molecule has 2 N–H and O–H groups in total. The molecule has 4 heterocycles. The van der Waals surface area contributed by atoms with E-state index in [1.54, 1.807) is 9.80 Å². The van der Waals surface area contributed by atoms with E-state index in [4.69, 9.17) is 4.74 Å². The number of nitrogens with zero attached hydrogens (tertiary/aromatic N) is 5. The van der Waals surface area contributed by atoms with Gasteiger partial charge in [0.05, 0.1) is 43.2 Å². The Morgan fingerprint density at radius 2 is 1.77 bits per heavy atom. The molecule has 2 saturated heterocycles. The number of carbonyl (C=O) groups excluding carboxylic acids is 2. The number of likely N-dealkylation sites (tertiary alicyclic amines) is 1. The van der Waals surface area contributed by atoms with Crippen LogP contribution in [0, 0.1) is 6.92 Å². The summed E-state index contributed by atoms with van der Waals surface area (Å²) >= 11 is 0. The maximum atomic E-state index is 12.7. The summed E-state index contributed by atoms with van der Waals surface area (Å²) < 4.78 is 6.27. The van der Waals surface area contributed by atoms with Gasteiger partial charge in [-0.1, -0.05) is 0 Å². The van der Waals surface area contributed by atoms with Crippen molar-refractivity contribution >= 4 is 11.8 Å². The first-order valence-corrected chi connectivity index (χ1v) is 8.43. The Balaban J connectivity index is 1.49. The smallest absolute Gasteiger partial charge is 0.276 e. The minimum absolute atomic E-state index is 0.0803. The number of hydrogen-bond acceptors (Lipinski definition) is 6. The summed E-state index contributed by atoms with van der Waals surface area (Å²) in [5, 5.41) is 16.7. The molecule has 26 heavy (non-hydrogen) atoms. The van der Waals surface area contributed by atoms with E-state index in [2.05, 4.69) is 25.6 Å². The van der Waals surface area contributed by atoms with Gasteiger partial charge in [0.1, 0.15) is 5.60 Å². The van der Waals surface area contributed by atoms with Crippen LogP contribution in [0.5, 0.6) is 0 Å². The summed E-state index contributed by atoms with van der Waals surface area (Å²) in [7, 11) is 0. The van der Waals surface area contributed by atoms with Gasteiger partial charge in [0.15, 0.2) is 5.69 Å². The minimum atomic E-state index is -0.561. The second-order valence-corrected chi connectivity index (χ2v) is 7.63. The Bertz CT molecular complexity index is 836. The fourth-order valence-corrected chi connectivity index (χ4v) is 3.82. The Morgan fingerprint density at radius 3 is 2.35 bits per heavy atom. The number of nitrogens with one attached hydrogen (secondary N) is 2. The predicted octanol–water partition coefficient (Wildman–Crippen LogP) is -0.0180. The first-order chi connectivity index (χ1) is 12.3. The van der Waals surface area contributed by atoms with Crippen molar-refractivity contribution in [3.8, 4) is 0 Å². The molecule has 1 spiro atoms. The molecule has 2 aliphatic rings. The van der Waals surface area contributed by atoms with Crippen LogP contribution >= 0.6 is 0 Å². The molecule has 0 aromatic carbocycles. The van der Waals surface area contributed by atoms with Gasteiger partial charge in [0, 0.05) is 12.2 Å². The first-order valence-electron chi connectivity index (χ1n) is 8.43. The lowest BCUT2D eigenvalue weighted by atomic mass is 9.87. The molecule has 4 rings (SSSR count). The zero-order valence-corrected chi connectivity index (χ0v) is 14.9. The van der Waals surface area contributed by atoms with Gasteiger partial charge in [-0.25, -0.2) is 0 Å². The van der Waals surface area contributed by atoms with Crippen LogP contribution in [0.2, 0.25) is 0 Å². The third-order valence-corrected chi connectivity index (χ3v) is 4.77. The average Bonchev–Trinajstić information content (AvgIpc) is 3.21. The van der Waals surface area contributed by atoms with Gasteiger partial charge >= 0.3 is 0 Å². The highest BCUT2D eigenvalue weighted by molar-refractivity contribution is 5.96. The van der Waals surface area contributed by atoms with Crippen molar-refractivity contribution in [3.63, 3.8) is 0 Å². The number of aryl methyl sites for hydroxylation is 1. The van der Waals surface area contributed by atoms with Crippen molar-refractivity contribution in [2.75, 3.05) is 26.2 Å². The number of carbonyl (C=O) groups is 2. The zero-order chi connectivity index (χ0) is 18.5. The van der Waals surface area contributed by atoms with Gasteiger partial charge in [-0.15, -0.1) is 0 Å². The highest BCUT2D eigenvalue weighted by Gasteiger charge is 2.54. The van der Waals surface area contributed by atoms with Gasteiger partial charge in [0.25, 0.3) is 11.8 Å². The zero-order valence-electron chi connectivity index (χ0n) is 14.9. The standard InChI is InChI=1S/C16H21N7O3/c1-10-11(4-17-19-10)13(24)23-8-16(9-23)7-22(6-15(2,3)26-16)14(25)12-5-18-21-20-12/h4-5H,6-9H2,1-3H3,(H,17,19)(H,18,20,21). The Morgan fingerprint density at radius 1 is 1.08 bits per heavy atom. The largest absolute Gasteiger partial charge is 0.362 e. The summed E-state index contributed by atoms with van der Waals surface area (Å²) in [4.78, 5) is 28.7. The van der Waals surface area contributed by atoms with Gasteiger partial charge < -0.3 is 14.5 Å². The Kier molecular flexibility index (Phi) is 3.62. The third kappa shape index (κ3) is 2.75. The van der Waals surface area contributed by atoms with E-state index in [-0.39, 0.29) is 17.5 Å². The van der Waals surface area contributed by atoms with Gasteiger partial charge in [-0.2, -0.15) is 20.5 Å². The average molecular weight is 359 g/mol. The number of hydrogen-bond donors (Lipinski definition) is 2. The molecule has 2 amide bonds. The number of ether oxygens (including phenoxy) is 1. The molecule has 0 atom stereocenters. The van der Waals surface area contributed by atoms with E-state index >= 15 is 0 Å². The Hall–Kier alpha value is -2.75. The molecule has 0 unspecified atom stereocenters. The molecule has 0 radical (unpaired) electrons. The normalized spacial score (nSPS) is 20.9. The fourth-order valence-electron chi connectivity index (χ4n) is 3.82. The number of aromatic amines is 2. The van der Waals surface area contributed by atoms with Crippen LogP contribution < -0.4 is 0 Å². The predicted molar refractivity (Wildman–Crippen MR) is 89.4 cm³/mol. The van der Waals surface area contributed by atoms with E-state index < -0.39 is 11.2 Å². The molecular weight excluding hydrogens is 338 g/mol. The minimum Gasteiger partial charge on any atom is -0.362 e. The molecule has 2 aromatic rings. The SMILES string of the molecule is Cc1[nH]ncc1C(=O)N1CC2(CN(C(=O)c3cn[nH]n3)CC(C)(C)O2)C1. The lowest BCUT2D eigenvalue weighted by molar-refractivity contribution is -0.231. The van der Waals surface area contributed by atoms with Crippen LogP contribution in [0.3, 0.4) is 0 Å². The van der Waals surface area contributed by atoms with Crippen molar-refractivity contribution in [1.29, 1.82) is 0 Å². The molecule has 138 valence electrons. The number of aromatic nitrogens is 5. The third-order valence-electron chi connectivity index (χ3n) is 4.77. The molecule has 0 saturated carbocycles. The molecule has 0 aliphatic carbocycles. The van der Waals surface area contributed by atoms with Crippen LogP contribution in [-0.2, 0) is 4.74 Å². The van der Waals surface area contributed by atoms with E-state index in [1.807, 2.05) is 20.8 Å². The monoisotopic (exact) mass is 359 g/mol. The van der Waals surface area contributed by atoms with Gasteiger partial charge in [-0.05, 0) is 20.8 Å². The number of morpholine rings is 1. The van der Waals surface area contributed by atoms with Crippen LogP contribution in [0.4, 0.5) is 0 Å². The molecule has 0 bridgehead atoms. The Labute approximate surface area is 149 Å². The summed E-state index contributed by atoms with van der Waals surface area (Å²) in [5.74, 6) is -0.270. The number of rotatable bonds is 2. The molecule has 2 aromatic heterocycles. The fraction of sp³-hybridized carbons (Fsp3) is 0.562. The first kappa shape index (κ1) is 16.7. The second-order valence-electron chi connectivity index (χ2n) is 7.63. The van der Waals surface area contributed by atoms with Crippen molar-refractivity contribution in [1.82, 2.24) is 35.4 Å². The van der Waals surface area contributed by atoms with Crippen LogP contribution in [0.25, 0.3) is 0 Å². The van der Waals surface area contributed by atoms with E-state index in [0.29, 0.717) is 31.7 Å². The van der Waals surface area contributed by atoms with Gasteiger partial charge in [-0.3, -0.25) is 14.7 Å². The van der Waals surface area contributed by atoms with Crippen molar-refractivity contribution in [2.45, 2.75) is 32.0 Å². The lowest BCUT2D eigenvalue weighted by Gasteiger charge is -2.57.